The first-order valence-corrected chi connectivity index (χ1v) is 6.64. The third kappa shape index (κ3) is 3.33. The van der Waals surface area contributed by atoms with Crippen molar-refractivity contribution >= 4 is 5.91 Å². The summed E-state index contributed by atoms with van der Waals surface area (Å²) >= 11 is 0. The SMILES string of the molecule is CN(C(=O)Cc1ccccc1)C1CCC(O)CC1. The van der Waals surface area contributed by atoms with Crippen molar-refractivity contribution in [2.24, 2.45) is 0 Å². The van der Waals surface area contributed by atoms with Gasteiger partial charge in [0.05, 0.1) is 12.5 Å². The Hall–Kier alpha value is -1.35. The van der Waals surface area contributed by atoms with Gasteiger partial charge in [0.25, 0.3) is 0 Å². The molecule has 0 unspecified atom stereocenters. The van der Waals surface area contributed by atoms with Gasteiger partial charge in [0, 0.05) is 13.1 Å². The zero-order valence-electron chi connectivity index (χ0n) is 10.9. The molecule has 0 radical (unpaired) electrons. The highest BCUT2D eigenvalue weighted by molar-refractivity contribution is 5.78. The normalized spacial score (nSPS) is 23.7. The average Bonchev–Trinajstić information content (AvgIpc) is 2.40. The molecule has 0 heterocycles. The lowest BCUT2D eigenvalue weighted by molar-refractivity contribution is -0.132. The zero-order chi connectivity index (χ0) is 13.0. The summed E-state index contributed by atoms with van der Waals surface area (Å²) in [6, 6.07) is 10.1. The predicted molar refractivity (Wildman–Crippen MR) is 71.2 cm³/mol. The molecule has 18 heavy (non-hydrogen) atoms. The van der Waals surface area contributed by atoms with Gasteiger partial charge in [0.2, 0.25) is 5.91 Å². The number of aliphatic hydroxyl groups is 1. The summed E-state index contributed by atoms with van der Waals surface area (Å²) < 4.78 is 0. The molecule has 1 aromatic rings. The van der Waals surface area contributed by atoms with Crippen LogP contribution in [0.5, 0.6) is 0 Å². The van der Waals surface area contributed by atoms with Crippen LogP contribution < -0.4 is 0 Å². The number of hydrogen-bond donors (Lipinski definition) is 1. The van der Waals surface area contributed by atoms with Gasteiger partial charge in [0.15, 0.2) is 0 Å². The van der Waals surface area contributed by atoms with Gasteiger partial charge in [-0.25, -0.2) is 0 Å². The predicted octanol–water partition coefficient (Wildman–Crippen LogP) is 1.99. The fourth-order valence-corrected chi connectivity index (χ4v) is 2.54. The van der Waals surface area contributed by atoms with Gasteiger partial charge in [-0.1, -0.05) is 30.3 Å². The van der Waals surface area contributed by atoms with E-state index in [4.69, 9.17) is 0 Å². The number of likely N-dealkylation sites (N-methyl/N-ethyl adjacent to an activating group) is 1. The minimum atomic E-state index is -0.168. The van der Waals surface area contributed by atoms with E-state index in [1.807, 2.05) is 42.3 Å². The van der Waals surface area contributed by atoms with Crippen molar-refractivity contribution < 1.29 is 9.90 Å². The van der Waals surface area contributed by atoms with Gasteiger partial charge in [-0.3, -0.25) is 4.79 Å². The number of nitrogens with zero attached hydrogens (tertiary/aromatic N) is 1. The lowest BCUT2D eigenvalue weighted by Crippen LogP contribution is -2.41. The van der Waals surface area contributed by atoms with E-state index >= 15 is 0 Å². The van der Waals surface area contributed by atoms with E-state index in [0.717, 1.165) is 31.2 Å². The lowest BCUT2D eigenvalue weighted by atomic mass is 9.92. The fraction of sp³-hybridized carbons (Fsp3) is 0.533. The molecule has 1 aromatic carbocycles. The average molecular weight is 247 g/mol. The second-order valence-corrected chi connectivity index (χ2v) is 5.13. The van der Waals surface area contributed by atoms with Crippen LogP contribution in [0.4, 0.5) is 0 Å². The summed E-state index contributed by atoms with van der Waals surface area (Å²) in [5.41, 5.74) is 1.06. The van der Waals surface area contributed by atoms with Gasteiger partial charge >= 0.3 is 0 Å². The molecule has 1 N–H and O–H groups in total. The minimum absolute atomic E-state index is 0.168. The van der Waals surface area contributed by atoms with Crippen LogP contribution in [0.15, 0.2) is 30.3 Å². The van der Waals surface area contributed by atoms with E-state index in [0.29, 0.717) is 12.5 Å². The molecule has 0 saturated heterocycles. The van der Waals surface area contributed by atoms with E-state index in [2.05, 4.69) is 0 Å². The Morgan fingerprint density at radius 3 is 2.44 bits per heavy atom. The third-order valence-corrected chi connectivity index (χ3v) is 3.81. The standard InChI is InChI=1S/C15H21NO2/c1-16(13-7-9-14(17)10-8-13)15(18)11-12-5-3-2-4-6-12/h2-6,13-14,17H,7-11H2,1H3. The van der Waals surface area contributed by atoms with Crippen molar-refractivity contribution in [1.29, 1.82) is 0 Å². The summed E-state index contributed by atoms with van der Waals surface area (Å²) in [4.78, 5) is 14.0. The number of carbonyl (C=O) groups excluding carboxylic acids is 1. The number of rotatable bonds is 3. The van der Waals surface area contributed by atoms with Crippen LogP contribution in [0.3, 0.4) is 0 Å². The molecule has 1 saturated carbocycles. The van der Waals surface area contributed by atoms with Crippen molar-refractivity contribution in [2.75, 3.05) is 7.05 Å². The van der Waals surface area contributed by atoms with E-state index in [1.165, 1.54) is 0 Å². The maximum Gasteiger partial charge on any atom is 0.226 e. The second-order valence-electron chi connectivity index (χ2n) is 5.13. The lowest BCUT2D eigenvalue weighted by Gasteiger charge is -2.33. The number of aliphatic hydroxyl groups excluding tert-OH is 1. The van der Waals surface area contributed by atoms with Gasteiger partial charge in [-0.05, 0) is 31.2 Å². The smallest absolute Gasteiger partial charge is 0.226 e. The van der Waals surface area contributed by atoms with Crippen LogP contribution in [0.2, 0.25) is 0 Å². The van der Waals surface area contributed by atoms with E-state index in [9.17, 15) is 9.90 Å². The summed E-state index contributed by atoms with van der Waals surface area (Å²) in [6.45, 7) is 0. The summed E-state index contributed by atoms with van der Waals surface area (Å²) in [6.07, 6.45) is 3.76. The molecular weight excluding hydrogens is 226 g/mol. The van der Waals surface area contributed by atoms with Crippen molar-refractivity contribution in [3.8, 4) is 0 Å². The molecular formula is C15H21NO2. The van der Waals surface area contributed by atoms with E-state index in [-0.39, 0.29) is 12.0 Å². The number of carbonyl (C=O) groups is 1. The Kier molecular flexibility index (Phi) is 4.37. The maximum atomic E-state index is 12.2. The molecule has 3 heteroatoms. The Balaban J connectivity index is 1.89. The molecule has 0 atom stereocenters. The van der Waals surface area contributed by atoms with Crippen LogP contribution in [-0.2, 0) is 11.2 Å². The van der Waals surface area contributed by atoms with Crippen LogP contribution in [-0.4, -0.2) is 35.1 Å². The van der Waals surface area contributed by atoms with Crippen molar-refractivity contribution in [1.82, 2.24) is 4.90 Å². The molecule has 0 aliphatic heterocycles. The molecule has 0 bridgehead atoms. The molecule has 1 aliphatic carbocycles. The first-order valence-electron chi connectivity index (χ1n) is 6.64. The van der Waals surface area contributed by atoms with Gasteiger partial charge in [0.1, 0.15) is 0 Å². The minimum Gasteiger partial charge on any atom is -0.393 e. The van der Waals surface area contributed by atoms with E-state index < -0.39 is 0 Å². The summed E-state index contributed by atoms with van der Waals surface area (Å²) in [7, 11) is 1.88. The van der Waals surface area contributed by atoms with Gasteiger partial charge < -0.3 is 10.0 Å². The first kappa shape index (κ1) is 13.1. The number of benzene rings is 1. The molecule has 1 amide bonds. The second kappa shape index (κ2) is 6.01. The zero-order valence-corrected chi connectivity index (χ0v) is 10.9. The highest BCUT2D eigenvalue weighted by atomic mass is 16.3. The largest absolute Gasteiger partial charge is 0.393 e. The third-order valence-electron chi connectivity index (χ3n) is 3.81. The highest BCUT2D eigenvalue weighted by Crippen LogP contribution is 2.22. The van der Waals surface area contributed by atoms with Gasteiger partial charge in [-0.15, -0.1) is 0 Å². The van der Waals surface area contributed by atoms with E-state index in [1.54, 1.807) is 0 Å². The van der Waals surface area contributed by atoms with Crippen LogP contribution in [0.1, 0.15) is 31.2 Å². The van der Waals surface area contributed by atoms with Crippen molar-refractivity contribution in [2.45, 2.75) is 44.2 Å². The maximum absolute atomic E-state index is 12.2. The van der Waals surface area contributed by atoms with Crippen molar-refractivity contribution in [3.63, 3.8) is 0 Å². The Bertz CT molecular complexity index is 383. The summed E-state index contributed by atoms with van der Waals surface area (Å²) in [5, 5.41) is 9.48. The first-order chi connectivity index (χ1) is 8.66. The highest BCUT2D eigenvalue weighted by Gasteiger charge is 2.25. The molecule has 3 nitrogen and oxygen atoms in total. The van der Waals surface area contributed by atoms with Crippen LogP contribution in [0, 0.1) is 0 Å². The topological polar surface area (TPSA) is 40.5 Å². The number of amides is 1. The summed E-state index contributed by atoms with van der Waals surface area (Å²) in [5.74, 6) is 0.169. The monoisotopic (exact) mass is 247 g/mol. The van der Waals surface area contributed by atoms with Crippen molar-refractivity contribution in [3.05, 3.63) is 35.9 Å². The Labute approximate surface area is 108 Å². The fourth-order valence-electron chi connectivity index (χ4n) is 2.54. The quantitative estimate of drug-likeness (QED) is 0.887. The molecule has 1 aliphatic rings. The Morgan fingerprint density at radius 2 is 1.83 bits per heavy atom. The molecule has 98 valence electrons. The van der Waals surface area contributed by atoms with Crippen LogP contribution in [0.25, 0.3) is 0 Å². The van der Waals surface area contributed by atoms with Gasteiger partial charge in [-0.2, -0.15) is 0 Å². The number of hydrogen-bond acceptors (Lipinski definition) is 2. The molecule has 0 aromatic heterocycles. The molecule has 1 fully saturated rings. The molecule has 0 spiro atoms. The van der Waals surface area contributed by atoms with Crippen LogP contribution >= 0.6 is 0 Å². The Morgan fingerprint density at radius 1 is 1.22 bits per heavy atom. The molecule has 2 rings (SSSR count).